The summed E-state index contributed by atoms with van der Waals surface area (Å²) in [5.74, 6) is -0.361. The van der Waals surface area contributed by atoms with E-state index in [0.29, 0.717) is 48.6 Å². The van der Waals surface area contributed by atoms with Crippen LogP contribution < -0.4 is 10.6 Å². The number of anilines is 1. The van der Waals surface area contributed by atoms with Gasteiger partial charge in [0.15, 0.2) is 5.82 Å². The number of piperidine rings is 1. The molecule has 0 aliphatic carbocycles. The third-order valence-corrected chi connectivity index (χ3v) is 5.49. The van der Waals surface area contributed by atoms with E-state index >= 15 is 0 Å². The number of hydrogen-bond acceptors (Lipinski definition) is 8. The number of benzene rings is 1. The van der Waals surface area contributed by atoms with Crippen molar-refractivity contribution in [3.63, 3.8) is 0 Å². The number of aromatic nitrogens is 3. The summed E-state index contributed by atoms with van der Waals surface area (Å²) >= 11 is 0. The zero-order valence-corrected chi connectivity index (χ0v) is 18.9. The van der Waals surface area contributed by atoms with E-state index in [-0.39, 0.29) is 41.7 Å². The summed E-state index contributed by atoms with van der Waals surface area (Å²) in [4.78, 5) is 16.0. The lowest BCUT2D eigenvalue weighted by atomic mass is 10.00. The van der Waals surface area contributed by atoms with Crippen LogP contribution >= 0.6 is 12.4 Å². The van der Waals surface area contributed by atoms with E-state index in [4.69, 9.17) is 4.74 Å². The second-order valence-electron chi connectivity index (χ2n) is 7.68. The molecule has 2 atom stereocenters. The number of rotatable bonds is 5. The van der Waals surface area contributed by atoms with Gasteiger partial charge in [0.25, 0.3) is 0 Å². The van der Waals surface area contributed by atoms with Gasteiger partial charge < -0.3 is 20.5 Å². The molecule has 182 valence electrons. The van der Waals surface area contributed by atoms with Crippen molar-refractivity contribution in [2.75, 3.05) is 18.5 Å². The van der Waals surface area contributed by atoms with Gasteiger partial charge in [-0.2, -0.15) is 13.2 Å². The molecule has 2 aromatic heterocycles. The number of aromatic hydroxyl groups is 1. The first kappa shape index (κ1) is 25.4. The Labute approximate surface area is 199 Å². The molecule has 3 N–H and O–H groups in total. The van der Waals surface area contributed by atoms with Gasteiger partial charge in [-0.1, -0.05) is 0 Å². The second kappa shape index (κ2) is 10.4. The van der Waals surface area contributed by atoms with Crippen LogP contribution in [0.5, 0.6) is 5.75 Å². The number of nitrogens with zero attached hydrogens (tertiary/aromatic N) is 3. The predicted molar refractivity (Wildman–Crippen MR) is 122 cm³/mol. The average Bonchev–Trinajstić information content (AvgIpc) is 2.79. The molecule has 1 aliphatic rings. The number of pyridine rings is 1. The third-order valence-electron chi connectivity index (χ3n) is 5.49. The van der Waals surface area contributed by atoms with Crippen molar-refractivity contribution in [2.24, 2.45) is 0 Å². The fourth-order valence-electron chi connectivity index (χ4n) is 3.83. The molecule has 0 saturated carbocycles. The second-order valence-corrected chi connectivity index (χ2v) is 7.68. The third kappa shape index (κ3) is 5.31. The molecule has 4 rings (SSSR count). The number of carbonyl (C=O) groups excluding carboxylic acids is 1. The highest BCUT2D eigenvalue weighted by Gasteiger charge is 2.32. The maximum Gasteiger partial charge on any atom is 0.416 e. The Kier molecular flexibility index (Phi) is 7.78. The first-order valence-electron chi connectivity index (χ1n) is 10.5. The number of carbonyl (C=O) groups is 1. The van der Waals surface area contributed by atoms with Crippen LogP contribution in [0.2, 0.25) is 0 Å². The molecule has 1 saturated heterocycles. The summed E-state index contributed by atoms with van der Waals surface area (Å²) in [6.45, 7) is 2.60. The first-order chi connectivity index (χ1) is 15.8. The molecule has 0 amide bonds. The molecule has 3 aromatic rings. The van der Waals surface area contributed by atoms with E-state index in [1.165, 1.54) is 12.3 Å². The number of esters is 1. The molecule has 1 aliphatic heterocycles. The van der Waals surface area contributed by atoms with Crippen LogP contribution in [0.15, 0.2) is 36.7 Å². The van der Waals surface area contributed by atoms with Crippen molar-refractivity contribution in [3.8, 4) is 17.0 Å². The zero-order chi connectivity index (χ0) is 23.6. The first-order valence-corrected chi connectivity index (χ1v) is 10.5. The summed E-state index contributed by atoms with van der Waals surface area (Å²) in [5.41, 5.74) is -0.574. The van der Waals surface area contributed by atoms with Crippen molar-refractivity contribution in [3.05, 3.63) is 42.2 Å². The molecule has 34 heavy (non-hydrogen) atoms. The van der Waals surface area contributed by atoms with Gasteiger partial charge in [0.05, 0.1) is 12.2 Å². The normalized spacial score (nSPS) is 18.2. The maximum absolute atomic E-state index is 13.0. The summed E-state index contributed by atoms with van der Waals surface area (Å²) in [7, 11) is 0. The van der Waals surface area contributed by atoms with Gasteiger partial charge >= 0.3 is 12.1 Å². The van der Waals surface area contributed by atoms with Gasteiger partial charge in [-0.05, 0) is 44.0 Å². The Morgan fingerprint density at radius 2 is 2.03 bits per heavy atom. The summed E-state index contributed by atoms with van der Waals surface area (Å²) in [5, 5.41) is 26.3. The number of nitrogens with one attached hydrogen (secondary N) is 2. The van der Waals surface area contributed by atoms with Crippen LogP contribution in [-0.2, 0) is 15.7 Å². The van der Waals surface area contributed by atoms with Crippen LogP contribution in [-0.4, -0.2) is 51.5 Å². The van der Waals surface area contributed by atoms with E-state index in [1.54, 1.807) is 19.2 Å². The highest BCUT2D eigenvalue weighted by Crippen LogP contribution is 2.38. The fraction of sp³-hybridized carbons (Fsp3) is 0.364. The molecule has 0 radical (unpaired) electrons. The van der Waals surface area contributed by atoms with Crippen LogP contribution in [0.3, 0.4) is 0 Å². The molecule has 8 nitrogen and oxygen atoms in total. The number of phenols is 1. The number of hydrogen-bond donors (Lipinski definition) is 3. The van der Waals surface area contributed by atoms with E-state index in [2.05, 4.69) is 25.8 Å². The van der Waals surface area contributed by atoms with E-state index < -0.39 is 17.5 Å². The van der Waals surface area contributed by atoms with Gasteiger partial charge in [-0.3, -0.25) is 9.78 Å². The van der Waals surface area contributed by atoms with Gasteiger partial charge in [0, 0.05) is 41.3 Å². The highest BCUT2D eigenvalue weighted by atomic mass is 35.5. The zero-order valence-electron chi connectivity index (χ0n) is 18.1. The van der Waals surface area contributed by atoms with Crippen LogP contribution in [0.4, 0.5) is 19.0 Å². The lowest BCUT2D eigenvalue weighted by Crippen LogP contribution is -2.49. The topological polar surface area (TPSA) is 109 Å². The number of fused-ring (bicyclic) bond motifs is 1. The van der Waals surface area contributed by atoms with E-state index in [9.17, 15) is 23.1 Å². The minimum Gasteiger partial charge on any atom is -0.507 e. The Hall–Kier alpha value is -3.18. The van der Waals surface area contributed by atoms with Crippen molar-refractivity contribution in [1.29, 1.82) is 0 Å². The van der Waals surface area contributed by atoms with Gasteiger partial charge in [-0.25, -0.2) is 0 Å². The number of phenolic OH excluding ortho intramolecular Hbond substituents is 1. The molecule has 0 bridgehead atoms. The fourth-order valence-corrected chi connectivity index (χ4v) is 3.83. The van der Waals surface area contributed by atoms with Crippen LogP contribution in [0, 0.1) is 0 Å². The van der Waals surface area contributed by atoms with Crippen LogP contribution in [0.25, 0.3) is 22.0 Å². The molecular weight excluding hydrogens is 475 g/mol. The average molecular weight is 498 g/mol. The molecule has 0 spiro atoms. The standard InChI is InChI=1S/C22H22F3N5O3.ClH/c1-2-33-21(32)17-6-4-13(10-27-17)28-20-16-11-26-8-7-14(16)19(29-30-20)15-5-3-12(9-18(15)31)22(23,24)25;/h3,5,7-9,11,13,17,27,31H,2,4,6,10H2,1H3,(H,28,30);1H/t13-,17+;/m1./s1. The molecule has 1 fully saturated rings. The van der Waals surface area contributed by atoms with Gasteiger partial charge in [0.2, 0.25) is 0 Å². The van der Waals surface area contributed by atoms with Crippen molar-refractivity contribution in [1.82, 2.24) is 20.5 Å². The molecular formula is C22H23ClF3N5O3. The molecule has 1 aromatic carbocycles. The van der Waals surface area contributed by atoms with Crippen LogP contribution in [0.1, 0.15) is 25.3 Å². The maximum atomic E-state index is 13.0. The number of alkyl halides is 3. The highest BCUT2D eigenvalue weighted by molar-refractivity contribution is 6.00. The molecule has 0 unspecified atom stereocenters. The van der Waals surface area contributed by atoms with Crippen molar-refractivity contribution in [2.45, 2.75) is 38.0 Å². The molecule has 12 heteroatoms. The Morgan fingerprint density at radius 1 is 1.24 bits per heavy atom. The summed E-state index contributed by atoms with van der Waals surface area (Å²) in [6, 6.07) is 4.02. The monoisotopic (exact) mass is 497 g/mol. The summed E-state index contributed by atoms with van der Waals surface area (Å²) in [6.07, 6.45) is -0.167. The predicted octanol–water partition coefficient (Wildman–Crippen LogP) is 3.93. The SMILES string of the molecule is CCOC(=O)[C@@H]1CC[C@@H](Nc2nnc(-c3ccc(C(F)(F)F)cc3O)c3ccncc23)CN1.Cl. The quantitative estimate of drug-likeness (QED) is 0.455. The Balaban J connectivity index is 0.00000324. The Bertz CT molecular complexity index is 1170. The van der Waals surface area contributed by atoms with E-state index in [1.807, 2.05) is 0 Å². The van der Waals surface area contributed by atoms with Crippen molar-refractivity contribution < 1.29 is 27.8 Å². The van der Waals surface area contributed by atoms with Gasteiger partial charge in [0.1, 0.15) is 17.5 Å². The number of halogens is 4. The Morgan fingerprint density at radius 3 is 2.68 bits per heavy atom. The smallest absolute Gasteiger partial charge is 0.416 e. The lowest BCUT2D eigenvalue weighted by Gasteiger charge is -2.29. The van der Waals surface area contributed by atoms with E-state index in [0.717, 1.165) is 6.07 Å². The van der Waals surface area contributed by atoms with Gasteiger partial charge in [-0.15, -0.1) is 22.6 Å². The minimum absolute atomic E-state index is 0. The largest absolute Gasteiger partial charge is 0.507 e. The molecule has 3 heterocycles. The van der Waals surface area contributed by atoms with Crippen molar-refractivity contribution >= 4 is 35.0 Å². The minimum atomic E-state index is -4.57. The lowest BCUT2D eigenvalue weighted by molar-refractivity contribution is -0.146. The summed E-state index contributed by atoms with van der Waals surface area (Å²) < 4.78 is 43.9. The number of ether oxygens (including phenoxy) is 1.